The van der Waals surface area contributed by atoms with Crippen LogP contribution in [0.5, 0.6) is 0 Å². The summed E-state index contributed by atoms with van der Waals surface area (Å²) in [4.78, 5) is 16.4. The monoisotopic (exact) mass is 719 g/mol. The molecule has 1 aliphatic rings. The number of carbonyl (C=O) groups is 1. The molecule has 7 rings (SSSR count). The van der Waals surface area contributed by atoms with Crippen molar-refractivity contribution in [1.29, 1.82) is 0 Å². The molecule has 6 aromatic rings. The number of aromatic nitrogens is 2. The third-order valence-electron chi connectivity index (χ3n) is 9.15. The van der Waals surface area contributed by atoms with Crippen molar-refractivity contribution in [1.82, 2.24) is 14.3 Å². The minimum Gasteiger partial charge on any atom is -0.478 e. The first-order valence-electron chi connectivity index (χ1n) is 17.4. The van der Waals surface area contributed by atoms with Gasteiger partial charge < -0.3 is 9.67 Å². The van der Waals surface area contributed by atoms with Crippen molar-refractivity contribution in [3.8, 4) is 11.1 Å². The quantitative estimate of drug-likeness (QED) is 0.0969. The van der Waals surface area contributed by atoms with Gasteiger partial charge in [-0.1, -0.05) is 97.7 Å². The van der Waals surface area contributed by atoms with Gasteiger partial charge in [-0.05, 0) is 103 Å². The first-order valence-corrected chi connectivity index (χ1v) is 19.3. The number of carboxylic acid groups (broad SMARTS) is 1. The Hall–Kier alpha value is -4.76. The Morgan fingerprint density at radius 2 is 1.51 bits per heavy atom. The number of rotatable bonds is 12. The summed E-state index contributed by atoms with van der Waals surface area (Å²) < 4.78 is 31.7. The van der Waals surface area contributed by atoms with E-state index in [-0.39, 0.29) is 22.9 Å². The number of fused-ring (bicyclic) bond motifs is 1. The van der Waals surface area contributed by atoms with E-state index in [0.29, 0.717) is 29.5 Å². The fourth-order valence-corrected chi connectivity index (χ4v) is 7.64. The average molecular weight is 720 g/mol. The lowest BCUT2D eigenvalue weighted by Gasteiger charge is -2.20. The Kier molecular flexibility index (Phi) is 11.1. The summed E-state index contributed by atoms with van der Waals surface area (Å²) in [5.74, 6) is 0.483. The highest BCUT2D eigenvalue weighted by Gasteiger charge is 2.30. The average Bonchev–Trinajstić information content (AvgIpc) is 3.94. The molecule has 0 radical (unpaired) electrons. The van der Waals surface area contributed by atoms with E-state index >= 15 is 0 Å². The lowest BCUT2D eigenvalue weighted by atomic mass is 9.85. The molecule has 9 heteroatoms. The highest BCUT2D eigenvalue weighted by atomic mass is 35.5. The number of nitrogens with one attached hydrogen (secondary N) is 1. The molecule has 1 heterocycles. The van der Waals surface area contributed by atoms with E-state index in [2.05, 4.69) is 70.8 Å². The first kappa shape index (κ1) is 36.0. The van der Waals surface area contributed by atoms with Gasteiger partial charge in [0.2, 0.25) is 10.0 Å². The molecule has 1 aliphatic carbocycles. The second kappa shape index (κ2) is 15.6. The van der Waals surface area contributed by atoms with Gasteiger partial charge in [0, 0.05) is 29.9 Å². The zero-order valence-electron chi connectivity index (χ0n) is 29.0. The van der Waals surface area contributed by atoms with Crippen LogP contribution in [0.25, 0.3) is 22.2 Å². The van der Waals surface area contributed by atoms with E-state index in [1.807, 2.05) is 32.0 Å². The maximum absolute atomic E-state index is 13.3. The number of aromatic carboxylic acids is 1. The standard InChI is InChI=1S/C40H36ClN3O4S.C2H6/c1-26-6-8-28(9-7-26)38(29-16-19-34(41)20-17-29)33-18-21-36-37(25-33)44(39(43-36)30-12-13-30)23-3-22-42-49(47,48)35-5-2-4-32(24-35)27-10-14-31(15-11-27)40(45)46;1-2/h2,4-11,14-21,24-25,30,38,42H,3,12-13,22-23H2,1H3,(H,45,46);1-2H3. The van der Waals surface area contributed by atoms with Crippen LogP contribution in [-0.4, -0.2) is 35.6 Å². The maximum Gasteiger partial charge on any atom is 0.335 e. The molecule has 0 saturated heterocycles. The predicted octanol–water partition coefficient (Wildman–Crippen LogP) is 9.82. The molecule has 0 bridgehead atoms. The molecule has 51 heavy (non-hydrogen) atoms. The lowest BCUT2D eigenvalue weighted by molar-refractivity contribution is 0.0697. The molecule has 262 valence electrons. The first-order chi connectivity index (χ1) is 24.7. The number of halogens is 1. The van der Waals surface area contributed by atoms with Crippen molar-refractivity contribution in [2.45, 2.75) is 63.3 Å². The molecule has 1 atom stereocenters. The number of imidazole rings is 1. The minimum absolute atomic E-state index is 0.00710. The summed E-state index contributed by atoms with van der Waals surface area (Å²) in [6, 6.07) is 36.3. The third kappa shape index (κ3) is 8.25. The largest absolute Gasteiger partial charge is 0.478 e. The van der Waals surface area contributed by atoms with Crippen molar-refractivity contribution in [3.05, 3.63) is 154 Å². The van der Waals surface area contributed by atoms with E-state index in [9.17, 15) is 18.3 Å². The topological polar surface area (TPSA) is 101 Å². The van der Waals surface area contributed by atoms with Gasteiger partial charge in [-0.25, -0.2) is 22.9 Å². The van der Waals surface area contributed by atoms with E-state index in [0.717, 1.165) is 46.4 Å². The van der Waals surface area contributed by atoms with Crippen LogP contribution in [0.1, 0.15) is 83.4 Å². The molecule has 0 amide bonds. The maximum atomic E-state index is 13.3. The van der Waals surface area contributed by atoms with Crippen LogP contribution in [0.3, 0.4) is 0 Å². The highest BCUT2D eigenvalue weighted by Crippen LogP contribution is 2.42. The fourth-order valence-electron chi connectivity index (χ4n) is 6.39. The SMILES string of the molecule is CC.Cc1ccc(C(c2ccc(Cl)cc2)c2ccc3nc(C4CC4)n(CCCNS(=O)(=O)c4cccc(-c5ccc(C(=O)O)cc5)c4)c3c2)cc1. The lowest BCUT2D eigenvalue weighted by Crippen LogP contribution is -2.25. The summed E-state index contributed by atoms with van der Waals surface area (Å²) in [5, 5.41) is 9.90. The number of carboxylic acids is 1. The van der Waals surface area contributed by atoms with Crippen molar-refractivity contribution >= 4 is 38.6 Å². The molecule has 7 nitrogen and oxygen atoms in total. The van der Waals surface area contributed by atoms with E-state index < -0.39 is 16.0 Å². The molecule has 5 aromatic carbocycles. The van der Waals surface area contributed by atoms with Crippen molar-refractivity contribution in [2.24, 2.45) is 0 Å². The predicted molar refractivity (Wildman–Crippen MR) is 205 cm³/mol. The summed E-state index contributed by atoms with van der Waals surface area (Å²) in [6.45, 7) is 6.98. The second-order valence-corrected chi connectivity index (χ2v) is 14.9. The van der Waals surface area contributed by atoms with E-state index in [1.165, 1.54) is 23.3 Å². The Morgan fingerprint density at radius 3 is 2.16 bits per heavy atom. The molecular formula is C42H42ClN3O4S. The molecule has 1 saturated carbocycles. The summed E-state index contributed by atoms with van der Waals surface area (Å²) >= 11 is 6.26. The number of aryl methyl sites for hydroxylation is 2. The van der Waals surface area contributed by atoms with E-state index in [1.54, 1.807) is 30.3 Å². The minimum atomic E-state index is -3.77. The van der Waals surface area contributed by atoms with Crippen LogP contribution in [0.4, 0.5) is 0 Å². The van der Waals surface area contributed by atoms with Gasteiger partial charge in [-0.15, -0.1) is 0 Å². The van der Waals surface area contributed by atoms with Gasteiger partial charge in [0.15, 0.2) is 0 Å². The zero-order chi connectivity index (χ0) is 36.1. The molecule has 1 fully saturated rings. The smallest absolute Gasteiger partial charge is 0.335 e. The fraction of sp³-hybridized carbons (Fsp3) is 0.238. The number of nitrogens with zero attached hydrogens (tertiary/aromatic N) is 2. The van der Waals surface area contributed by atoms with Crippen LogP contribution in [-0.2, 0) is 16.6 Å². The molecule has 0 spiro atoms. The Morgan fingerprint density at radius 1 is 0.863 bits per heavy atom. The Balaban J connectivity index is 0.00000220. The molecule has 0 aliphatic heterocycles. The summed E-state index contributed by atoms with van der Waals surface area (Å²) in [5.41, 5.74) is 8.30. The molecular weight excluding hydrogens is 678 g/mol. The van der Waals surface area contributed by atoms with Gasteiger partial charge in [-0.2, -0.15) is 0 Å². The van der Waals surface area contributed by atoms with Gasteiger partial charge in [0.1, 0.15) is 5.82 Å². The zero-order valence-corrected chi connectivity index (χ0v) is 30.6. The normalized spacial score (nSPS) is 13.4. The van der Waals surface area contributed by atoms with Crippen LogP contribution < -0.4 is 4.72 Å². The second-order valence-electron chi connectivity index (χ2n) is 12.7. The van der Waals surface area contributed by atoms with Gasteiger partial charge >= 0.3 is 5.97 Å². The number of hydrogen-bond acceptors (Lipinski definition) is 4. The van der Waals surface area contributed by atoms with Crippen LogP contribution in [0, 0.1) is 6.92 Å². The third-order valence-corrected chi connectivity index (χ3v) is 10.9. The molecule has 2 N–H and O–H groups in total. The molecule has 1 aromatic heterocycles. The van der Waals surface area contributed by atoms with Crippen molar-refractivity contribution < 1.29 is 18.3 Å². The summed E-state index contributed by atoms with van der Waals surface area (Å²) in [6.07, 6.45) is 2.80. The highest BCUT2D eigenvalue weighted by molar-refractivity contribution is 7.89. The van der Waals surface area contributed by atoms with Gasteiger partial charge in [-0.3, -0.25) is 0 Å². The molecule has 1 unspecified atom stereocenters. The number of hydrogen-bond donors (Lipinski definition) is 2. The van der Waals surface area contributed by atoms with E-state index in [4.69, 9.17) is 16.6 Å². The van der Waals surface area contributed by atoms with Crippen molar-refractivity contribution in [3.63, 3.8) is 0 Å². The Bertz CT molecular complexity index is 2200. The number of benzene rings is 5. The Labute approximate surface area is 305 Å². The summed E-state index contributed by atoms with van der Waals surface area (Å²) in [7, 11) is -3.77. The van der Waals surface area contributed by atoms with Crippen LogP contribution >= 0.6 is 11.6 Å². The van der Waals surface area contributed by atoms with Gasteiger partial charge in [0.25, 0.3) is 0 Å². The van der Waals surface area contributed by atoms with Crippen LogP contribution in [0.15, 0.2) is 120 Å². The van der Waals surface area contributed by atoms with Crippen molar-refractivity contribution in [2.75, 3.05) is 6.54 Å². The van der Waals surface area contributed by atoms with Gasteiger partial charge in [0.05, 0.1) is 21.5 Å². The number of sulfonamides is 1. The van der Waals surface area contributed by atoms with Crippen LogP contribution in [0.2, 0.25) is 5.02 Å².